The van der Waals surface area contributed by atoms with Gasteiger partial charge in [-0.15, -0.1) is 0 Å². The lowest BCUT2D eigenvalue weighted by Gasteiger charge is -2.32. The molecule has 1 saturated heterocycles. The van der Waals surface area contributed by atoms with Gasteiger partial charge in [0.2, 0.25) is 0 Å². The van der Waals surface area contributed by atoms with E-state index in [0.717, 1.165) is 42.7 Å². The summed E-state index contributed by atoms with van der Waals surface area (Å²) in [5.41, 5.74) is 2.97. The van der Waals surface area contributed by atoms with Gasteiger partial charge in [0.05, 0.1) is 6.61 Å². The van der Waals surface area contributed by atoms with Gasteiger partial charge in [-0.2, -0.15) is 0 Å². The van der Waals surface area contributed by atoms with Crippen LogP contribution in [0.3, 0.4) is 0 Å². The molecule has 162 valence electrons. The molecule has 1 aromatic heterocycles. The summed E-state index contributed by atoms with van der Waals surface area (Å²) in [6, 6.07) is 14.9. The number of piperazine rings is 1. The van der Waals surface area contributed by atoms with Crippen LogP contribution in [-0.2, 0) is 17.9 Å². The molecule has 2 aromatic carbocycles. The van der Waals surface area contributed by atoms with Crippen LogP contribution >= 0.6 is 0 Å². The molecule has 0 bridgehead atoms. The Labute approximate surface area is 181 Å². The lowest BCUT2D eigenvalue weighted by molar-refractivity contribution is 0.0664. The second kappa shape index (κ2) is 9.32. The molecule has 0 atom stereocenters. The highest BCUT2D eigenvalue weighted by Crippen LogP contribution is 2.26. The number of para-hydroxylation sites is 1. The molecule has 3 aromatic rings. The molecule has 7 heteroatoms. The van der Waals surface area contributed by atoms with E-state index >= 15 is 0 Å². The summed E-state index contributed by atoms with van der Waals surface area (Å²) in [6.45, 7) is 3.91. The van der Waals surface area contributed by atoms with E-state index in [0.29, 0.717) is 24.3 Å². The van der Waals surface area contributed by atoms with Crippen molar-refractivity contribution in [1.29, 1.82) is 0 Å². The molecule has 0 unspecified atom stereocenters. The first-order valence-corrected chi connectivity index (χ1v) is 10.4. The Hall–Kier alpha value is -3.16. The van der Waals surface area contributed by atoms with E-state index in [1.165, 1.54) is 0 Å². The van der Waals surface area contributed by atoms with Crippen molar-refractivity contribution in [3.8, 4) is 0 Å². The molecule has 1 fully saturated rings. The summed E-state index contributed by atoms with van der Waals surface area (Å²) < 4.78 is 11.0. The number of fused-ring (bicyclic) bond motifs is 1. The number of amides is 2. The summed E-state index contributed by atoms with van der Waals surface area (Å²) in [4.78, 5) is 29.5. The molecule has 0 spiro atoms. The summed E-state index contributed by atoms with van der Waals surface area (Å²) >= 11 is 0. The minimum absolute atomic E-state index is 0.0511. The number of rotatable bonds is 6. The van der Waals surface area contributed by atoms with Gasteiger partial charge >= 0.3 is 0 Å². The first kappa shape index (κ1) is 21.1. The van der Waals surface area contributed by atoms with Gasteiger partial charge in [-0.3, -0.25) is 9.59 Å². The van der Waals surface area contributed by atoms with Crippen molar-refractivity contribution in [3.05, 3.63) is 71.0 Å². The molecular formula is C24H27N3O4. The number of carbonyl (C=O) groups is 2. The molecule has 1 aliphatic rings. The van der Waals surface area contributed by atoms with Gasteiger partial charge in [0.25, 0.3) is 11.8 Å². The number of benzene rings is 2. The number of furan rings is 1. The predicted molar refractivity (Wildman–Crippen MR) is 118 cm³/mol. The van der Waals surface area contributed by atoms with Crippen LogP contribution in [0.15, 0.2) is 52.9 Å². The van der Waals surface area contributed by atoms with E-state index < -0.39 is 0 Å². The average Bonchev–Trinajstić information content (AvgIpc) is 3.17. The van der Waals surface area contributed by atoms with Crippen molar-refractivity contribution in [2.45, 2.75) is 13.2 Å². The topological polar surface area (TPSA) is 75.0 Å². The Kier molecular flexibility index (Phi) is 6.34. The van der Waals surface area contributed by atoms with Crippen molar-refractivity contribution in [1.82, 2.24) is 15.1 Å². The van der Waals surface area contributed by atoms with Crippen molar-refractivity contribution in [2.24, 2.45) is 0 Å². The minimum Gasteiger partial charge on any atom is -0.451 e. The molecule has 1 aliphatic heterocycles. The van der Waals surface area contributed by atoms with E-state index in [-0.39, 0.29) is 17.6 Å². The SMILES string of the molecule is COCc1c(C(=O)NCc2ccc(C(=O)N3CCN(C)CC3)cc2)oc2ccccc12. The first-order chi connectivity index (χ1) is 15.1. The van der Waals surface area contributed by atoms with Crippen molar-refractivity contribution < 1.29 is 18.7 Å². The van der Waals surface area contributed by atoms with Gasteiger partial charge in [0, 0.05) is 56.3 Å². The Balaban J connectivity index is 1.40. The number of nitrogens with zero attached hydrogens (tertiary/aromatic N) is 2. The van der Waals surface area contributed by atoms with Crippen LogP contribution in [0.25, 0.3) is 11.0 Å². The number of hydrogen-bond acceptors (Lipinski definition) is 5. The second-order valence-electron chi connectivity index (χ2n) is 7.81. The predicted octanol–water partition coefficient (Wildman–Crippen LogP) is 2.90. The molecule has 0 radical (unpaired) electrons. The fourth-order valence-corrected chi connectivity index (χ4v) is 3.79. The molecule has 7 nitrogen and oxygen atoms in total. The Morgan fingerprint density at radius 2 is 1.74 bits per heavy atom. The van der Waals surface area contributed by atoms with E-state index in [2.05, 4.69) is 17.3 Å². The lowest BCUT2D eigenvalue weighted by Crippen LogP contribution is -2.47. The monoisotopic (exact) mass is 421 g/mol. The van der Waals surface area contributed by atoms with Crippen LogP contribution in [0.1, 0.15) is 32.0 Å². The zero-order chi connectivity index (χ0) is 21.8. The highest BCUT2D eigenvalue weighted by atomic mass is 16.5. The average molecular weight is 421 g/mol. The molecule has 2 heterocycles. The summed E-state index contributed by atoms with van der Waals surface area (Å²) in [6.07, 6.45) is 0. The first-order valence-electron chi connectivity index (χ1n) is 10.4. The van der Waals surface area contributed by atoms with Crippen LogP contribution in [-0.4, -0.2) is 62.0 Å². The molecule has 0 aliphatic carbocycles. The van der Waals surface area contributed by atoms with E-state index in [4.69, 9.17) is 9.15 Å². The quantitative estimate of drug-likeness (QED) is 0.663. The maximum absolute atomic E-state index is 12.8. The van der Waals surface area contributed by atoms with Gasteiger partial charge in [-0.1, -0.05) is 30.3 Å². The minimum atomic E-state index is -0.291. The van der Waals surface area contributed by atoms with Gasteiger partial charge < -0.3 is 24.3 Å². The van der Waals surface area contributed by atoms with Crippen molar-refractivity contribution in [2.75, 3.05) is 40.3 Å². The normalized spacial score (nSPS) is 14.7. The van der Waals surface area contributed by atoms with Crippen LogP contribution in [0.5, 0.6) is 0 Å². The zero-order valence-electron chi connectivity index (χ0n) is 17.9. The van der Waals surface area contributed by atoms with Gasteiger partial charge in [-0.05, 0) is 30.8 Å². The highest BCUT2D eigenvalue weighted by Gasteiger charge is 2.21. The van der Waals surface area contributed by atoms with E-state index in [1.807, 2.05) is 53.4 Å². The molecule has 2 amide bonds. The molecule has 1 N–H and O–H groups in total. The summed E-state index contributed by atoms with van der Waals surface area (Å²) in [7, 11) is 3.66. The fraction of sp³-hybridized carbons (Fsp3) is 0.333. The smallest absolute Gasteiger partial charge is 0.287 e. The van der Waals surface area contributed by atoms with Gasteiger partial charge in [0.15, 0.2) is 5.76 Å². The highest BCUT2D eigenvalue weighted by molar-refractivity contribution is 5.99. The lowest BCUT2D eigenvalue weighted by atomic mass is 10.1. The Morgan fingerprint density at radius 1 is 1.03 bits per heavy atom. The largest absolute Gasteiger partial charge is 0.451 e. The number of methoxy groups -OCH3 is 1. The Morgan fingerprint density at radius 3 is 2.45 bits per heavy atom. The summed E-state index contributed by atoms with van der Waals surface area (Å²) in [5, 5.41) is 3.78. The van der Waals surface area contributed by atoms with Crippen molar-refractivity contribution >= 4 is 22.8 Å². The third-order valence-corrected chi connectivity index (χ3v) is 5.64. The zero-order valence-corrected chi connectivity index (χ0v) is 17.9. The molecule has 4 rings (SSSR count). The van der Waals surface area contributed by atoms with Crippen molar-refractivity contribution in [3.63, 3.8) is 0 Å². The summed E-state index contributed by atoms with van der Waals surface area (Å²) in [5.74, 6) is 0.0286. The molecular weight excluding hydrogens is 394 g/mol. The van der Waals surface area contributed by atoms with Gasteiger partial charge in [0.1, 0.15) is 5.58 Å². The van der Waals surface area contributed by atoms with Gasteiger partial charge in [-0.25, -0.2) is 0 Å². The number of ether oxygens (including phenoxy) is 1. The third kappa shape index (κ3) is 4.62. The van der Waals surface area contributed by atoms with Crippen LogP contribution in [0.4, 0.5) is 0 Å². The van der Waals surface area contributed by atoms with Crippen LogP contribution in [0, 0.1) is 0 Å². The number of carbonyl (C=O) groups excluding carboxylic acids is 2. The third-order valence-electron chi connectivity index (χ3n) is 5.64. The van der Waals surface area contributed by atoms with Crippen LogP contribution < -0.4 is 5.32 Å². The number of hydrogen-bond donors (Lipinski definition) is 1. The standard InChI is InChI=1S/C24H27N3O4/c1-26-11-13-27(14-12-26)24(29)18-9-7-17(8-10-18)15-25-23(28)22-20(16-30-2)19-5-3-4-6-21(19)31-22/h3-10H,11-16H2,1-2H3,(H,25,28). The van der Waals surface area contributed by atoms with E-state index in [9.17, 15) is 9.59 Å². The second-order valence-corrected chi connectivity index (χ2v) is 7.81. The maximum Gasteiger partial charge on any atom is 0.287 e. The molecule has 0 saturated carbocycles. The number of nitrogens with one attached hydrogen (secondary N) is 1. The number of likely N-dealkylation sites (N-methyl/N-ethyl adjacent to an activating group) is 1. The maximum atomic E-state index is 12.8. The Bertz CT molecular complexity index is 1070. The fourth-order valence-electron chi connectivity index (χ4n) is 3.79. The molecule has 31 heavy (non-hydrogen) atoms. The van der Waals surface area contributed by atoms with Crippen LogP contribution in [0.2, 0.25) is 0 Å². The van der Waals surface area contributed by atoms with E-state index in [1.54, 1.807) is 7.11 Å².